The normalized spacial score (nSPS) is 18.1. The van der Waals surface area contributed by atoms with Crippen molar-refractivity contribution in [3.05, 3.63) is 16.5 Å². The quantitative estimate of drug-likeness (QED) is 0.665. The van der Waals surface area contributed by atoms with Crippen LogP contribution in [0.2, 0.25) is 10.4 Å². The van der Waals surface area contributed by atoms with E-state index in [1.807, 2.05) is 6.92 Å². The fourth-order valence-electron chi connectivity index (χ4n) is 2.35. The molecule has 0 aliphatic carbocycles. The molecule has 0 bridgehead atoms. The van der Waals surface area contributed by atoms with Gasteiger partial charge in [-0.3, -0.25) is 4.79 Å². The van der Waals surface area contributed by atoms with E-state index < -0.39 is 0 Å². The Labute approximate surface area is 122 Å². The summed E-state index contributed by atoms with van der Waals surface area (Å²) in [6, 6.07) is 1.50. The first-order valence-electron chi connectivity index (χ1n) is 6.28. The first-order chi connectivity index (χ1) is 9.05. The molecule has 0 unspecified atom stereocenters. The number of carbonyl (C=O) groups excluding carboxylic acids is 1. The average molecular weight is 303 g/mol. The molecule has 19 heavy (non-hydrogen) atoms. The molecule has 1 aromatic heterocycles. The maximum Gasteiger partial charge on any atom is 0.231 e. The molecule has 2 rings (SSSR count). The fourth-order valence-corrected chi connectivity index (χ4v) is 2.76. The van der Waals surface area contributed by atoms with Crippen LogP contribution in [0.15, 0.2) is 6.07 Å². The summed E-state index contributed by atoms with van der Waals surface area (Å²) < 4.78 is 0. The third-order valence-electron chi connectivity index (χ3n) is 3.63. The number of amides is 1. The van der Waals surface area contributed by atoms with E-state index in [9.17, 15) is 4.79 Å². The number of hydrogen-bond donors (Lipinski definition) is 2. The van der Waals surface area contributed by atoms with Crippen LogP contribution in [0.3, 0.4) is 0 Å². The van der Waals surface area contributed by atoms with Crippen LogP contribution < -0.4 is 10.6 Å². The third-order valence-corrected chi connectivity index (χ3v) is 3.99. The second kappa shape index (κ2) is 6.03. The molecular weight excluding hydrogens is 287 g/mol. The largest absolute Gasteiger partial charge is 0.317 e. The van der Waals surface area contributed by atoms with Gasteiger partial charge in [-0.1, -0.05) is 18.5 Å². The van der Waals surface area contributed by atoms with Gasteiger partial charge in [0.2, 0.25) is 11.2 Å². The lowest BCUT2D eigenvalue weighted by atomic mass is 9.76. The molecule has 1 saturated heterocycles. The van der Waals surface area contributed by atoms with Gasteiger partial charge in [0.1, 0.15) is 11.0 Å². The van der Waals surface area contributed by atoms with Crippen molar-refractivity contribution in [1.82, 2.24) is 15.3 Å². The van der Waals surface area contributed by atoms with Gasteiger partial charge in [-0.15, -0.1) is 0 Å². The maximum atomic E-state index is 12.5. The standard InChI is InChI=1S/C12H16Cl2N4O/c1-2-12(3-5-15-6-4-12)10(19)17-9-7-8(13)16-11(14)18-9/h7,15H,2-6H2,1H3,(H,16,17,18,19). The second-order valence-corrected chi connectivity index (χ2v) is 5.41. The van der Waals surface area contributed by atoms with E-state index in [1.54, 1.807) is 0 Å². The smallest absolute Gasteiger partial charge is 0.231 e. The molecule has 0 spiro atoms. The first-order valence-corrected chi connectivity index (χ1v) is 7.03. The summed E-state index contributed by atoms with van der Waals surface area (Å²) in [5, 5.41) is 6.30. The molecule has 5 nitrogen and oxygen atoms in total. The van der Waals surface area contributed by atoms with Crippen LogP contribution in [-0.2, 0) is 4.79 Å². The van der Waals surface area contributed by atoms with Crippen molar-refractivity contribution >= 4 is 34.9 Å². The Hall–Kier alpha value is -0.910. The number of hydrogen-bond acceptors (Lipinski definition) is 4. The van der Waals surface area contributed by atoms with Crippen molar-refractivity contribution in [3.8, 4) is 0 Å². The Kier molecular flexibility index (Phi) is 4.60. The SMILES string of the molecule is CCC1(C(=O)Nc2cc(Cl)nc(Cl)n2)CCNCC1. The molecule has 0 radical (unpaired) electrons. The molecule has 104 valence electrons. The predicted octanol–water partition coefficient (Wildman–Crippen LogP) is 2.50. The zero-order valence-corrected chi connectivity index (χ0v) is 12.2. The van der Waals surface area contributed by atoms with E-state index >= 15 is 0 Å². The van der Waals surface area contributed by atoms with Gasteiger partial charge in [0.25, 0.3) is 0 Å². The molecule has 1 amide bonds. The van der Waals surface area contributed by atoms with E-state index in [0.717, 1.165) is 32.4 Å². The molecular formula is C12H16Cl2N4O. The van der Waals surface area contributed by atoms with E-state index in [2.05, 4.69) is 20.6 Å². The van der Waals surface area contributed by atoms with Gasteiger partial charge in [-0.05, 0) is 44.0 Å². The van der Waals surface area contributed by atoms with E-state index in [-0.39, 0.29) is 21.8 Å². The number of halogens is 2. The fraction of sp³-hybridized carbons (Fsp3) is 0.583. The molecule has 0 aromatic carbocycles. The number of nitrogens with one attached hydrogen (secondary N) is 2. The van der Waals surface area contributed by atoms with Crippen molar-refractivity contribution in [1.29, 1.82) is 0 Å². The summed E-state index contributed by atoms with van der Waals surface area (Å²) in [4.78, 5) is 20.2. The molecule has 2 heterocycles. The molecule has 7 heteroatoms. The van der Waals surface area contributed by atoms with Crippen molar-refractivity contribution in [2.45, 2.75) is 26.2 Å². The van der Waals surface area contributed by atoms with Gasteiger partial charge in [0, 0.05) is 6.07 Å². The molecule has 0 atom stereocenters. The summed E-state index contributed by atoms with van der Waals surface area (Å²) >= 11 is 11.5. The molecule has 2 N–H and O–H groups in total. The van der Waals surface area contributed by atoms with Crippen LogP contribution in [0.5, 0.6) is 0 Å². The highest BCUT2D eigenvalue weighted by molar-refractivity contribution is 6.32. The monoisotopic (exact) mass is 302 g/mol. The Morgan fingerprint density at radius 1 is 1.42 bits per heavy atom. The van der Waals surface area contributed by atoms with Gasteiger partial charge >= 0.3 is 0 Å². The van der Waals surface area contributed by atoms with Gasteiger partial charge in [0.05, 0.1) is 5.41 Å². The number of piperidine rings is 1. The zero-order chi connectivity index (χ0) is 13.9. The zero-order valence-electron chi connectivity index (χ0n) is 10.7. The topological polar surface area (TPSA) is 66.9 Å². The molecule has 1 fully saturated rings. The van der Waals surface area contributed by atoms with Crippen LogP contribution in [0.25, 0.3) is 0 Å². The van der Waals surface area contributed by atoms with Crippen LogP contribution in [0.1, 0.15) is 26.2 Å². The summed E-state index contributed by atoms with van der Waals surface area (Å²) in [5.74, 6) is 0.323. The average Bonchev–Trinajstić information content (AvgIpc) is 2.38. The third kappa shape index (κ3) is 3.35. The molecule has 0 saturated carbocycles. The highest BCUT2D eigenvalue weighted by Crippen LogP contribution is 2.33. The summed E-state index contributed by atoms with van der Waals surface area (Å²) in [7, 11) is 0. The van der Waals surface area contributed by atoms with Crippen molar-refractivity contribution in [2.24, 2.45) is 5.41 Å². The van der Waals surface area contributed by atoms with Crippen molar-refractivity contribution < 1.29 is 4.79 Å². The lowest BCUT2D eigenvalue weighted by Gasteiger charge is -2.35. The second-order valence-electron chi connectivity index (χ2n) is 4.68. The lowest BCUT2D eigenvalue weighted by Crippen LogP contribution is -2.44. The first kappa shape index (κ1) is 14.5. The molecule has 1 aliphatic heterocycles. The van der Waals surface area contributed by atoms with Crippen LogP contribution in [0.4, 0.5) is 5.82 Å². The van der Waals surface area contributed by atoms with E-state index in [1.165, 1.54) is 6.07 Å². The Morgan fingerprint density at radius 3 is 2.68 bits per heavy atom. The van der Waals surface area contributed by atoms with Crippen LogP contribution >= 0.6 is 23.2 Å². The Morgan fingerprint density at radius 2 is 2.11 bits per heavy atom. The predicted molar refractivity (Wildman–Crippen MR) is 75.5 cm³/mol. The highest BCUT2D eigenvalue weighted by atomic mass is 35.5. The number of nitrogens with zero attached hydrogens (tertiary/aromatic N) is 2. The van der Waals surface area contributed by atoms with E-state index in [4.69, 9.17) is 23.2 Å². The van der Waals surface area contributed by atoms with Gasteiger partial charge in [0.15, 0.2) is 0 Å². The van der Waals surface area contributed by atoms with Crippen molar-refractivity contribution in [3.63, 3.8) is 0 Å². The minimum atomic E-state index is -0.338. The van der Waals surface area contributed by atoms with E-state index in [0.29, 0.717) is 5.82 Å². The molecule has 1 aliphatic rings. The summed E-state index contributed by atoms with van der Waals surface area (Å²) in [5.41, 5.74) is -0.338. The van der Waals surface area contributed by atoms with Gasteiger partial charge < -0.3 is 10.6 Å². The maximum absolute atomic E-state index is 12.5. The molecule has 1 aromatic rings. The lowest BCUT2D eigenvalue weighted by molar-refractivity contribution is -0.127. The van der Waals surface area contributed by atoms with Crippen LogP contribution in [-0.4, -0.2) is 29.0 Å². The minimum absolute atomic E-state index is 0.0256. The Balaban J connectivity index is 2.14. The van der Waals surface area contributed by atoms with Gasteiger partial charge in [-0.2, -0.15) is 0 Å². The number of aromatic nitrogens is 2. The summed E-state index contributed by atoms with van der Waals surface area (Å²) in [6.07, 6.45) is 2.44. The number of anilines is 1. The van der Waals surface area contributed by atoms with Crippen molar-refractivity contribution in [2.75, 3.05) is 18.4 Å². The Bertz CT molecular complexity index is 455. The minimum Gasteiger partial charge on any atom is -0.317 e. The van der Waals surface area contributed by atoms with Crippen LogP contribution in [0, 0.1) is 5.41 Å². The van der Waals surface area contributed by atoms with Gasteiger partial charge in [-0.25, -0.2) is 9.97 Å². The summed E-state index contributed by atoms with van der Waals surface area (Å²) in [6.45, 7) is 3.74. The highest BCUT2D eigenvalue weighted by Gasteiger charge is 2.37. The number of carbonyl (C=O) groups is 1. The number of rotatable bonds is 3.